The van der Waals surface area contributed by atoms with Crippen LogP contribution in [0.3, 0.4) is 0 Å². The van der Waals surface area contributed by atoms with E-state index in [1.807, 2.05) is 13.1 Å². The van der Waals surface area contributed by atoms with E-state index >= 15 is 0 Å². The maximum Gasteiger partial charge on any atom is 0.127 e. The van der Waals surface area contributed by atoms with Crippen molar-refractivity contribution in [3.8, 4) is 0 Å². The molecule has 2 unspecified atom stereocenters. The van der Waals surface area contributed by atoms with Crippen LogP contribution in [0.2, 0.25) is 5.02 Å². The van der Waals surface area contributed by atoms with Crippen molar-refractivity contribution in [3.05, 3.63) is 34.6 Å². The summed E-state index contributed by atoms with van der Waals surface area (Å²) in [4.78, 5) is 0. The first kappa shape index (κ1) is 11.9. The van der Waals surface area contributed by atoms with Gasteiger partial charge in [-0.1, -0.05) is 17.7 Å². The van der Waals surface area contributed by atoms with E-state index in [-0.39, 0.29) is 5.82 Å². The Morgan fingerprint density at radius 1 is 1.38 bits per heavy atom. The summed E-state index contributed by atoms with van der Waals surface area (Å²) < 4.78 is 13.6. The molecular formula is C13H17ClFN. The lowest BCUT2D eigenvalue weighted by Crippen LogP contribution is -2.35. The Morgan fingerprint density at radius 2 is 2.12 bits per heavy atom. The Labute approximate surface area is 101 Å². The van der Waals surface area contributed by atoms with E-state index in [0.717, 1.165) is 18.5 Å². The first-order chi connectivity index (χ1) is 7.70. The molecule has 1 aliphatic rings. The van der Waals surface area contributed by atoms with Crippen molar-refractivity contribution in [2.75, 3.05) is 13.6 Å². The Morgan fingerprint density at radius 3 is 2.69 bits per heavy atom. The average molecular weight is 242 g/mol. The number of benzene rings is 1. The zero-order valence-corrected chi connectivity index (χ0v) is 10.2. The first-order valence-corrected chi connectivity index (χ1v) is 6.17. The van der Waals surface area contributed by atoms with Gasteiger partial charge in [-0.2, -0.15) is 0 Å². The summed E-state index contributed by atoms with van der Waals surface area (Å²) >= 11 is 5.73. The third-order valence-electron chi connectivity index (χ3n) is 3.54. The molecule has 1 fully saturated rings. The second-order valence-electron chi connectivity index (χ2n) is 4.60. The maximum atomic E-state index is 13.6. The quantitative estimate of drug-likeness (QED) is 0.853. The minimum absolute atomic E-state index is 0.164. The van der Waals surface area contributed by atoms with E-state index in [9.17, 15) is 4.39 Å². The number of hydrogen-bond acceptors (Lipinski definition) is 1. The van der Waals surface area contributed by atoms with Crippen molar-refractivity contribution in [1.82, 2.24) is 5.32 Å². The van der Waals surface area contributed by atoms with Gasteiger partial charge in [0.2, 0.25) is 0 Å². The molecule has 0 aromatic heterocycles. The lowest BCUT2D eigenvalue weighted by Gasteiger charge is -2.36. The van der Waals surface area contributed by atoms with E-state index in [1.165, 1.54) is 18.9 Å². The molecule has 0 bridgehead atoms. The summed E-state index contributed by atoms with van der Waals surface area (Å²) in [5.41, 5.74) is 0.801. The van der Waals surface area contributed by atoms with Gasteiger partial charge in [0.1, 0.15) is 5.82 Å². The summed E-state index contributed by atoms with van der Waals surface area (Å²) in [7, 11) is 1.97. The predicted octanol–water partition coefficient (Wildman–Crippen LogP) is 3.27. The molecule has 0 aliphatic heterocycles. The SMILES string of the molecule is CNCC1CCC1Cc1ccc(Cl)cc1F. The third kappa shape index (κ3) is 2.55. The van der Waals surface area contributed by atoms with Crippen LogP contribution in [0.15, 0.2) is 18.2 Å². The average Bonchev–Trinajstić information content (AvgIpc) is 2.23. The van der Waals surface area contributed by atoms with Gasteiger partial charge in [0.25, 0.3) is 0 Å². The maximum absolute atomic E-state index is 13.6. The highest BCUT2D eigenvalue weighted by atomic mass is 35.5. The summed E-state index contributed by atoms with van der Waals surface area (Å²) in [5, 5.41) is 3.67. The second kappa shape index (κ2) is 5.15. The first-order valence-electron chi connectivity index (χ1n) is 5.79. The Kier molecular flexibility index (Phi) is 3.82. The second-order valence-corrected chi connectivity index (χ2v) is 5.03. The number of rotatable bonds is 4. The van der Waals surface area contributed by atoms with Gasteiger partial charge in [-0.05, 0) is 62.4 Å². The summed E-state index contributed by atoms with van der Waals surface area (Å²) in [6.07, 6.45) is 3.32. The molecule has 16 heavy (non-hydrogen) atoms. The summed E-state index contributed by atoms with van der Waals surface area (Å²) in [6, 6.07) is 4.99. The van der Waals surface area contributed by atoms with Crippen molar-refractivity contribution >= 4 is 11.6 Å². The van der Waals surface area contributed by atoms with Crippen LogP contribution >= 0.6 is 11.6 Å². The van der Waals surface area contributed by atoms with Gasteiger partial charge in [0.15, 0.2) is 0 Å². The molecule has 1 aromatic carbocycles. The molecule has 2 rings (SSSR count). The van der Waals surface area contributed by atoms with Crippen LogP contribution in [-0.2, 0) is 6.42 Å². The zero-order chi connectivity index (χ0) is 11.5. The highest BCUT2D eigenvalue weighted by Crippen LogP contribution is 2.36. The predicted molar refractivity (Wildman–Crippen MR) is 65.3 cm³/mol. The van der Waals surface area contributed by atoms with Gasteiger partial charge in [-0.3, -0.25) is 0 Å². The lowest BCUT2D eigenvalue weighted by molar-refractivity contribution is 0.172. The molecule has 1 saturated carbocycles. The molecule has 0 radical (unpaired) electrons. The van der Waals surface area contributed by atoms with Crippen LogP contribution in [0, 0.1) is 17.7 Å². The Bertz CT molecular complexity index is 367. The molecule has 0 heterocycles. The van der Waals surface area contributed by atoms with Gasteiger partial charge in [0, 0.05) is 5.02 Å². The molecule has 88 valence electrons. The van der Waals surface area contributed by atoms with Gasteiger partial charge in [-0.15, -0.1) is 0 Å². The molecule has 1 N–H and O–H groups in total. The van der Waals surface area contributed by atoms with E-state index in [2.05, 4.69) is 5.32 Å². The minimum atomic E-state index is -0.164. The van der Waals surface area contributed by atoms with Crippen LogP contribution in [-0.4, -0.2) is 13.6 Å². The van der Waals surface area contributed by atoms with Crippen LogP contribution in [0.4, 0.5) is 4.39 Å². The smallest absolute Gasteiger partial charge is 0.127 e. The molecular weight excluding hydrogens is 225 g/mol. The zero-order valence-electron chi connectivity index (χ0n) is 9.47. The normalized spacial score (nSPS) is 24.2. The Hall–Kier alpha value is -0.600. The monoisotopic (exact) mass is 241 g/mol. The Balaban J connectivity index is 1.98. The van der Waals surface area contributed by atoms with Crippen LogP contribution in [0.25, 0.3) is 0 Å². The van der Waals surface area contributed by atoms with Crippen molar-refractivity contribution in [1.29, 1.82) is 0 Å². The molecule has 2 atom stereocenters. The number of hydrogen-bond donors (Lipinski definition) is 1. The fourth-order valence-electron chi connectivity index (χ4n) is 2.41. The van der Waals surface area contributed by atoms with E-state index in [1.54, 1.807) is 6.07 Å². The van der Waals surface area contributed by atoms with Crippen LogP contribution in [0.5, 0.6) is 0 Å². The highest BCUT2D eigenvalue weighted by Gasteiger charge is 2.30. The molecule has 0 amide bonds. The number of nitrogens with one attached hydrogen (secondary N) is 1. The highest BCUT2D eigenvalue weighted by molar-refractivity contribution is 6.30. The molecule has 1 aromatic rings. The third-order valence-corrected chi connectivity index (χ3v) is 3.77. The standard InChI is InChI=1S/C13H17ClFN/c1-16-8-11-3-2-9(11)6-10-4-5-12(14)7-13(10)15/h4-5,7,9,11,16H,2-3,6,8H2,1H3. The fourth-order valence-corrected chi connectivity index (χ4v) is 2.57. The summed E-state index contributed by atoms with van der Waals surface area (Å²) in [6.45, 7) is 1.04. The fraction of sp³-hybridized carbons (Fsp3) is 0.538. The van der Waals surface area contributed by atoms with Crippen LogP contribution in [0.1, 0.15) is 18.4 Å². The van der Waals surface area contributed by atoms with Crippen molar-refractivity contribution in [2.24, 2.45) is 11.8 Å². The molecule has 0 saturated heterocycles. The van der Waals surface area contributed by atoms with Gasteiger partial charge < -0.3 is 5.32 Å². The van der Waals surface area contributed by atoms with Crippen LogP contribution < -0.4 is 5.32 Å². The summed E-state index contributed by atoms with van der Waals surface area (Å²) in [5.74, 6) is 1.17. The van der Waals surface area contributed by atoms with E-state index < -0.39 is 0 Å². The number of halogens is 2. The lowest BCUT2D eigenvalue weighted by atomic mass is 9.70. The van der Waals surface area contributed by atoms with Crippen molar-refractivity contribution in [2.45, 2.75) is 19.3 Å². The van der Waals surface area contributed by atoms with E-state index in [0.29, 0.717) is 16.9 Å². The molecule has 0 spiro atoms. The molecule has 1 aliphatic carbocycles. The molecule has 1 nitrogen and oxygen atoms in total. The largest absolute Gasteiger partial charge is 0.319 e. The van der Waals surface area contributed by atoms with Crippen molar-refractivity contribution < 1.29 is 4.39 Å². The van der Waals surface area contributed by atoms with Gasteiger partial charge >= 0.3 is 0 Å². The minimum Gasteiger partial charge on any atom is -0.319 e. The molecule has 3 heteroatoms. The van der Waals surface area contributed by atoms with E-state index in [4.69, 9.17) is 11.6 Å². The van der Waals surface area contributed by atoms with Gasteiger partial charge in [0.05, 0.1) is 0 Å². The topological polar surface area (TPSA) is 12.0 Å². The van der Waals surface area contributed by atoms with Gasteiger partial charge in [-0.25, -0.2) is 4.39 Å². The van der Waals surface area contributed by atoms with Crippen molar-refractivity contribution in [3.63, 3.8) is 0 Å².